The highest BCUT2D eigenvalue weighted by Gasteiger charge is 2.25. The molecule has 0 saturated carbocycles. The quantitative estimate of drug-likeness (QED) is 0.757. The standard InChI is InChI=1S/C19H28N2O5S/c1-27(23,24)20-12-15-4-2-10-21(13-15)19(22)16-6-8-17(9-7-16)26-14-18-5-3-11-25-18/h6-9,15,18,20H,2-5,10-14H2,1H3/t15-,18+/m0/s1. The zero-order valence-corrected chi connectivity index (χ0v) is 16.5. The van der Waals surface area contributed by atoms with Gasteiger partial charge in [-0.15, -0.1) is 0 Å². The molecule has 2 atom stereocenters. The Morgan fingerprint density at radius 1 is 1.26 bits per heavy atom. The van der Waals surface area contributed by atoms with Crippen molar-refractivity contribution >= 4 is 15.9 Å². The molecule has 1 N–H and O–H groups in total. The average molecular weight is 397 g/mol. The number of sulfonamides is 1. The summed E-state index contributed by atoms with van der Waals surface area (Å²) in [5.74, 6) is 0.854. The van der Waals surface area contributed by atoms with E-state index in [1.165, 1.54) is 0 Å². The van der Waals surface area contributed by atoms with Crippen LogP contribution in [0.15, 0.2) is 24.3 Å². The van der Waals surface area contributed by atoms with Crippen molar-refractivity contribution in [1.82, 2.24) is 9.62 Å². The fourth-order valence-corrected chi connectivity index (χ4v) is 4.07. The first-order chi connectivity index (χ1) is 12.9. The van der Waals surface area contributed by atoms with E-state index < -0.39 is 10.0 Å². The summed E-state index contributed by atoms with van der Waals surface area (Å²) < 4.78 is 36.4. The number of piperidine rings is 1. The monoisotopic (exact) mass is 396 g/mol. The Labute approximate surface area is 161 Å². The molecule has 1 aromatic carbocycles. The van der Waals surface area contributed by atoms with Crippen LogP contribution in [0.4, 0.5) is 0 Å². The van der Waals surface area contributed by atoms with Gasteiger partial charge in [0.25, 0.3) is 5.91 Å². The van der Waals surface area contributed by atoms with E-state index in [1.54, 1.807) is 17.0 Å². The Hall–Kier alpha value is -1.64. The fourth-order valence-electron chi connectivity index (χ4n) is 3.53. The Morgan fingerprint density at radius 2 is 2.04 bits per heavy atom. The summed E-state index contributed by atoms with van der Waals surface area (Å²) in [4.78, 5) is 14.6. The predicted molar refractivity (Wildman–Crippen MR) is 102 cm³/mol. The molecule has 2 saturated heterocycles. The molecule has 2 aliphatic rings. The molecule has 0 radical (unpaired) electrons. The molecular formula is C19H28N2O5S. The molecule has 2 aliphatic heterocycles. The molecule has 2 fully saturated rings. The van der Waals surface area contributed by atoms with Crippen molar-refractivity contribution in [3.8, 4) is 5.75 Å². The van der Waals surface area contributed by atoms with Crippen LogP contribution >= 0.6 is 0 Å². The average Bonchev–Trinajstić information content (AvgIpc) is 3.18. The molecular weight excluding hydrogens is 368 g/mol. The molecule has 1 aromatic rings. The number of nitrogens with one attached hydrogen (secondary N) is 1. The second-order valence-corrected chi connectivity index (χ2v) is 9.18. The minimum absolute atomic E-state index is 0.0234. The van der Waals surface area contributed by atoms with Crippen molar-refractivity contribution in [2.24, 2.45) is 5.92 Å². The first-order valence-corrected chi connectivity index (χ1v) is 11.4. The van der Waals surface area contributed by atoms with Crippen molar-refractivity contribution in [2.45, 2.75) is 31.8 Å². The van der Waals surface area contributed by atoms with Crippen LogP contribution in [0, 0.1) is 5.92 Å². The maximum Gasteiger partial charge on any atom is 0.253 e. The van der Waals surface area contributed by atoms with Crippen molar-refractivity contribution in [3.05, 3.63) is 29.8 Å². The lowest BCUT2D eigenvalue weighted by molar-refractivity contribution is 0.0669. The third-order valence-electron chi connectivity index (χ3n) is 5.00. The maximum absolute atomic E-state index is 12.8. The summed E-state index contributed by atoms with van der Waals surface area (Å²) >= 11 is 0. The number of likely N-dealkylation sites (tertiary alicyclic amines) is 1. The molecule has 7 nitrogen and oxygen atoms in total. The van der Waals surface area contributed by atoms with Crippen molar-refractivity contribution in [1.29, 1.82) is 0 Å². The predicted octanol–water partition coefficient (Wildman–Crippen LogP) is 1.65. The Morgan fingerprint density at radius 3 is 2.70 bits per heavy atom. The number of benzene rings is 1. The highest BCUT2D eigenvalue weighted by Crippen LogP contribution is 2.21. The summed E-state index contributed by atoms with van der Waals surface area (Å²) in [5, 5.41) is 0. The molecule has 0 bridgehead atoms. The van der Waals surface area contributed by atoms with Gasteiger partial charge in [-0.2, -0.15) is 0 Å². The van der Waals surface area contributed by atoms with Crippen LogP contribution in [-0.4, -0.2) is 64.4 Å². The van der Waals surface area contributed by atoms with Gasteiger partial charge in [-0.3, -0.25) is 4.79 Å². The smallest absolute Gasteiger partial charge is 0.253 e. The third-order valence-corrected chi connectivity index (χ3v) is 5.69. The van der Waals surface area contributed by atoms with Gasteiger partial charge in [-0.1, -0.05) is 0 Å². The number of amides is 1. The lowest BCUT2D eigenvalue weighted by Gasteiger charge is -2.32. The maximum atomic E-state index is 12.8. The van der Waals surface area contributed by atoms with E-state index in [1.807, 2.05) is 12.1 Å². The highest BCUT2D eigenvalue weighted by molar-refractivity contribution is 7.88. The van der Waals surface area contributed by atoms with Gasteiger partial charge in [-0.25, -0.2) is 13.1 Å². The van der Waals surface area contributed by atoms with E-state index in [0.717, 1.165) is 44.3 Å². The van der Waals surface area contributed by atoms with Crippen molar-refractivity contribution in [2.75, 3.05) is 39.1 Å². The molecule has 2 heterocycles. The number of carbonyl (C=O) groups excluding carboxylic acids is 1. The third kappa shape index (κ3) is 6.19. The number of nitrogens with zero attached hydrogens (tertiary/aromatic N) is 1. The van der Waals surface area contributed by atoms with Gasteiger partial charge in [0.15, 0.2) is 0 Å². The molecule has 8 heteroatoms. The van der Waals surface area contributed by atoms with E-state index in [4.69, 9.17) is 9.47 Å². The van der Waals surface area contributed by atoms with Crippen LogP contribution in [0.2, 0.25) is 0 Å². The second-order valence-electron chi connectivity index (χ2n) is 7.35. The van der Waals surface area contributed by atoms with Gasteiger partial charge < -0.3 is 14.4 Å². The van der Waals surface area contributed by atoms with Crippen LogP contribution in [-0.2, 0) is 14.8 Å². The van der Waals surface area contributed by atoms with Gasteiger partial charge in [-0.05, 0) is 55.9 Å². The van der Waals surface area contributed by atoms with Crippen molar-refractivity contribution in [3.63, 3.8) is 0 Å². The molecule has 150 valence electrons. The molecule has 1 amide bonds. The lowest BCUT2D eigenvalue weighted by atomic mass is 9.97. The molecule has 0 unspecified atom stereocenters. The summed E-state index contributed by atoms with van der Waals surface area (Å²) in [6.45, 7) is 2.98. The van der Waals surface area contributed by atoms with E-state index in [2.05, 4.69) is 4.72 Å². The minimum Gasteiger partial charge on any atom is -0.491 e. The van der Waals surface area contributed by atoms with Crippen LogP contribution < -0.4 is 9.46 Å². The molecule has 0 aliphatic carbocycles. The first kappa shape index (κ1) is 20.1. The van der Waals surface area contributed by atoms with Gasteiger partial charge in [0, 0.05) is 31.8 Å². The van der Waals surface area contributed by atoms with E-state index in [-0.39, 0.29) is 17.9 Å². The van der Waals surface area contributed by atoms with E-state index in [0.29, 0.717) is 31.8 Å². The fraction of sp³-hybridized carbons (Fsp3) is 0.632. The largest absolute Gasteiger partial charge is 0.491 e. The minimum atomic E-state index is -3.21. The first-order valence-electron chi connectivity index (χ1n) is 9.49. The van der Waals surface area contributed by atoms with Crippen LogP contribution in [0.25, 0.3) is 0 Å². The number of carbonyl (C=O) groups is 1. The van der Waals surface area contributed by atoms with Gasteiger partial charge in [0.2, 0.25) is 10.0 Å². The van der Waals surface area contributed by atoms with Gasteiger partial charge in [0.1, 0.15) is 12.4 Å². The summed E-state index contributed by atoms with van der Waals surface area (Å²) in [6, 6.07) is 7.20. The number of hydrogen-bond donors (Lipinski definition) is 1. The zero-order valence-electron chi connectivity index (χ0n) is 15.7. The zero-order chi connectivity index (χ0) is 19.3. The normalized spacial score (nSPS) is 23.4. The van der Waals surface area contributed by atoms with Crippen LogP contribution in [0.5, 0.6) is 5.75 Å². The Bertz CT molecular complexity index is 729. The Kier molecular flexibility index (Phi) is 6.73. The highest BCUT2D eigenvalue weighted by atomic mass is 32.2. The molecule has 3 rings (SSSR count). The van der Waals surface area contributed by atoms with Gasteiger partial charge >= 0.3 is 0 Å². The lowest BCUT2D eigenvalue weighted by Crippen LogP contribution is -2.43. The summed E-state index contributed by atoms with van der Waals surface area (Å²) in [5.41, 5.74) is 0.621. The Balaban J connectivity index is 1.51. The van der Waals surface area contributed by atoms with Crippen molar-refractivity contribution < 1.29 is 22.7 Å². The number of rotatable bonds is 7. The number of hydrogen-bond acceptors (Lipinski definition) is 5. The molecule has 0 aromatic heterocycles. The second kappa shape index (κ2) is 9.03. The summed E-state index contributed by atoms with van der Waals surface area (Å²) in [6.07, 6.45) is 5.23. The number of ether oxygens (including phenoxy) is 2. The van der Waals surface area contributed by atoms with Gasteiger partial charge in [0.05, 0.1) is 12.4 Å². The van der Waals surface area contributed by atoms with E-state index in [9.17, 15) is 13.2 Å². The molecule has 27 heavy (non-hydrogen) atoms. The summed E-state index contributed by atoms with van der Waals surface area (Å²) in [7, 11) is -3.21. The molecule has 0 spiro atoms. The topological polar surface area (TPSA) is 84.9 Å². The van der Waals surface area contributed by atoms with Crippen LogP contribution in [0.3, 0.4) is 0 Å². The SMILES string of the molecule is CS(=O)(=O)NC[C@@H]1CCCN(C(=O)c2ccc(OC[C@H]3CCCO3)cc2)C1. The van der Waals surface area contributed by atoms with Crippen LogP contribution in [0.1, 0.15) is 36.0 Å². The van der Waals surface area contributed by atoms with E-state index >= 15 is 0 Å².